The lowest BCUT2D eigenvalue weighted by molar-refractivity contribution is -0.136. The second-order valence-corrected chi connectivity index (χ2v) is 11.8. The van der Waals surface area contributed by atoms with E-state index in [4.69, 9.17) is 5.10 Å². The normalized spacial score (nSPS) is 25.7. The minimum absolute atomic E-state index is 0.0507. The molecule has 1 saturated heterocycles. The number of carbonyl (C=O) groups excluding carboxylic acids is 3. The molecule has 10 heteroatoms. The summed E-state index contributed by atoms with van der Waals surface area (Å²) < 4.78 is 0.744. The summed E-state index contributed by atoms with van der Waals surface area (Å²) in [6.45, 7) is -0.222. The molecular weight excluding hydrogens is 596 g/mol. The van der Waals surface area contributed by atoms with E-state index >= 15 is 0 Å². The van der Waals surface area contributed by atoms with Gasteiger partial charge in [0.25, 0.3) is 17.7 Å². The fourth-order valence-electron chi connectivity index (χ4n) is 6.38. The van der Waals surface area contributed by atoms with Crippen LogP contribution in [0.5, 0.6) is 0 Å². The highest BCUT2D eigenvalue weighted by molar-refractivity contribution is 9.10. The SMILES string of the molecule is O=C1[C@@H]2[C@@H](N=NN2CC(=O)N2N=C3/C(=C/c4ccccc4)CCC[C@@H]3[C@@H]2c2ccccc2)C(=O)N1c1cccc(Br)c1. The van der Waals surface area contributed by atoms with E-state index in [0.29, 0.717) is 5.69 Å². The quantitative estimate of drug-likeness (QED) is 0.348. The first kappa shape index (κ1) is 26.5. The van der Waals surface area contributed by atoms with Crippen LogP contribution < -0.4 is 4.90 Å². The highest BCUT2D eigenvalue weighted by atomic mass is 79.9. The standard InChI is InChI=1S/C32H27BrN6O3/c33-23-14-8-15-24(18-23)38-31(41)28-30(32(38)42)37(36-34-28)19-26(40)39-29(21-11-5-2-6-12-21)25-16-7-13-22(27(25)35-39)17-20-9-3-1-4-10-20/h1-6,8-12,14-15,17-18,25,28-30H,7,13,16,19H2/b22-17+/t25-,28+,29-,30-/m0/s1. The number of nitrogens with zero attached hydrogens (tertiary/aromatic N) is 6. The zero-order valence-electron chi connectivity index (χ0n) is 22.6. The number of fused-ring (bicyclic) bond motifs is 2. The van der Waals surface area contributed by atoms with E-state index in [1.807, 2.05) is 54.6 Å². The van der Waals surface area contributed by atoms with Gasteiger partial charge < -0.3 is 0 Å². The topological polar surface area (TPSA) is 98.0 Å². The Morgan fingerprint density at radius 1 is 0.929 bits per heavy atom. The number of anilines is 1. The molecule has 7 rings (SSSR count). The summed E-state index contributed by atoms with van der Waals surface area (Å²) in [5, 5.41) is 16.1. The Kier molecular flexibility index (Phi) is 6.78. The van der Waals surface area contributed by atoms with Gasteiger partial charge in [0.15, 0.2) is 12.1 Å². The average Bonchev–Trinajstić information content (AvgIpc) is 3.67. The van der Waals surface area contributed by atoms with Gasteiger partial charge in [-0.2, -0.15) is 10.2 Å². The largest absolute Gasteiger partial charge is 0.271 e. The monoisotopic (exact) mass is 622 g/mol. The molecule has 0 unspecified atom stereocenters. The first-order valence-electron chi connectivity index (χ1n) is 14.0. The summed E-state index contributed by atoms with van der Waals surface area (Å²) in [7, 11) is 0. The van der Waals surface area contributed by atoms with E-state index in [9.17, 15) is 14.4 Å². The van der Waals surface area contributed by atoms with Crippen LogP contribution in [0, 0.1) is 5.92 Å². The Labute approximate surface area is 251 Å². The van der Waals surface area contributed by atoms with Gasteiger partial charge in [0.1, 0.15) is 6.54 Å². The Balaban J connectivity index is 1.18. The third kappa shape index (κ3) is 4.56. The van der Waals surface area contributed by atoms with Crippen molar-refractivity contribution in [2.45, 2.75) is 37.4 Å². The Morgan fingerprint density at radius 3 is 2.45 bits per heavy atom. The molecule has 2 fully saturated rings. The van der Waals surface area contributed by atoms with E-state index in [1.165, 1.54) is 5.01 Å². The van der Waals surface area contributed by atoms with Gasteiger partial charge >= 0.3 is 0 Å². The number of allylic oxidation sites excluding steroid dienone is 1. The predicted octanol–water partition coefficient (Wildman–Crippen LogP) is 5.57. The van der Waals surface area contributed by atoms with Crippen molar-refractivity contribution in [2.75, 3.05) is 11.4 Å². The first-order valence-corrected chi connectivity index (χ1v) is 14.8. The van der Waals surface area contributed by atoms with Crippen LogP contribution in [0.15, 0.2) is 110 Å². The van der Waals surface area contributed by atoms with Crippen molar-refractivity contribution < 1.29 is 14.4 Å². The van der Waals surface area contributed by atoms with Gasteiger partial charge in [0.2, 0.25) is 0 Å². The molecule has 0 radical (unpaired) electrons. The third-order valence-electron chi connectivity index (χ3n) is 8.26. The molecule has 9 nitrogen and oxygen atoms in total. The molecule has 210 valence electrons. The van der Waals surface area contributed by atoms with Crippen molar-refractivity contribution in [1.29, 1.82) is 0 Å². The van der Waals surface area contributed by atoms with Crippen LogP contribution in [0.25, 0.3) is 6.08 Å². The van der Waals surface area contributed by atoms with Crippen molar-refractivity contribution in [3.63, 3.8) is 0 Å². The number of hydrogen-bond donors (Lipinski definition) is 0. The first-order chi connectivity index (χ1) is 20.5. The van der Waals surface area contributed by atoms with Crippen molar-refractivity contribution in [1.82, 2.24) is 10.0 Å². The summed E-state index contributed by atoms with van der Waals surface area (Å²) in [6.07, 6.45) is 4.97. The van der Waals surface area contributed by atoms with Crippen molar-refractivity contribution >= 4 is 51.1 Å². The number of imide groups is 1. The van der Waals surface area contributed by atoms with Gasteiger partial charge in [-0.25, -0.2) is 9.91 Å². The Bertz CT molecular complexity index is 1660. The van der Waals surface area contributed by atoms with Crippen molar-refractivity contribution in [3.8, 4) is 0 Å². The Hall–Kier alpha value is -4.44. The maximum absolute atomic E-state index is 14.0. The zero-order valence-corrected chi connectivity index (χ0v) is 24.2. The molecule has 3 aliphatic heterocycles. The lowest BCUT2D eigenvalue weighted by Gasteiger charge is -2.30. The van der Waals surface area contributed by atoms with E-state index in [0.717, 1.165) is 51.0 Å². The fraction of sp³-hybridized carbons (Fsp3) is 0.250. The molecule has 0 N–H and O–H groups in total. The second-order valence-electron chi connectivity index (χ2n) is 10.8. The summed E-state index contributed by atoms with van der Waals surface area (Å²) in [5.41, 5.74) is 4.62. The maximum Gasteiger partial charge on any atom is 0.264 e. The number of rotatable bonds is 5. The van der Waals surface area contributed by atoms with Gasteiger partial charge in [0, 0.05) is 10.4 Å². The van der Waals surface area contributed by atoms with Crippen LogP contribution in [-0.2, 0) is 14.4 Å². The van der Waals surface area contributed by atoms with Gasteiger partial charge in [-0.05, 0) is 60.2 Å². The number of hydrazone groups is 1. The minimum Gasteiger partial charge on any atom is -0.271 e. The van der Waals surface area contributed by atoms with Crippen molar-refractivity contribution in [2.24, 2.45) is 21.4 Å². The molecule has 1 aliphatic carbocycles. The molecule has 0 bridgehead atoms. The molecule has 0 spiro atoms. The van der Waals surface area contributed by atoms with Gasteiger partial charge in [0.05, 0.1) is 17.4 Å². The number of carbonyl (C=O) groups is 3. The third-order valence-corrected chi connectivity index (χ3v) is 8.75. The van der Waals surface area contributed by atoms with Crippen LogP contribution in [0.1, 0.15) is 36.4 Å². The molecular formula is C32H27BrN6O3. The molecule has 3 amide bonds. The average molecular weight is 624 g/mol. The highest BCUT2D eigenvalue weighted by Gasteiger charge is 2.55. The van der Waals surface area contributed by atoms with Crippen LogP contribution in [0.4, 0.5) is 5.69 Å². The summed E-state index contributed by atoms with van der Waals surface area (Å²) in [4.78, 5) is 41.8. The smallest absolute Gasteiger partial charge is 0.264 e. The lowest BCUT2D eigenvalue weighted by Crippen LogP contribution is -2.45. The number of halogens is 1. The maximum atomic E-state index is 14.0. The highest BCUT2D eigenvalue weighted by Crippen LogP contribution is 2.44. The molecule has 1 saturated carbocycles. The van der Waals surface area contributed by atoms with Crippen molar-refractivity contribution in [3.05, 3.63) is 106 Å². The molecule has 4 atom stereocenters. The fourth-order valence-corrected chi connectivity index (χ4v) is 6.76. The Morgan fingerprint density at radius 2 is 1.69 bits per heavy atom. The molecule has 42 heavy (non-hydrogen) atoms. The van der Waals surface area contributed by atoms with Gasteiger partial charge in [-0.1, -0.05) is 87.9 Å². The molecule has 3 aromatic carbocycles. The van der Waals surface area contributed by atoms with E-state index in [1.54, 1.807) is 23.2 Å². The number of benzene rings is 3. The molecule has 3 aromatic rings. The molecule has 4 aliphatic rings. The van der Waals surface area contributed by atoms with Gasteiger partial charge in [-0.15, -0.1) is 0 Å². The lowest BCUT2D eigenvalue weighted by atomic mass is 9.77. The number of hydrogen-bond acceptors (Lipinski definition) is 7. The van der Waals surface area contributed by atoms with Crippen LogP contribution in [0.3, 0.4) is 0 Å². The molecule has 0 aromatic heterocycles. The van der Waals surface area contributed by atoms with Crippen LogP contribution in [0.2, 0.25) is 0 Å². The summed E-state index contributed by atoms with van der Waals surface area (Å²) in [6, 6.07) is 24.8. The zero-order chi connectivity index (χ0) is 28.8. The van der Waals surface area contributed by atoms with E-state index < -0.39 is 23.9 Å². The minimum atomic E-state index is -0.984. The predicted molar refractivity (Wildman–Crippen MR) is 161 cm³/mol. The van der Waals surface area contributed by atoms with Gasteiger partial charge in [-0.3, -0.25) is 19.4 Å². The van der Waals surface area contributed by atoms with Crippen LogP contribution >= 0.6 is 15.9 Å². The summed E-state index contributed by atoms with van der Waals surface area (Å²) in [5.74, 6) is -1.15. The van der Waals surface area contributed by atoms with E-state index in [-0.39, 0.29) is 24.4 Å². The van der Waals surface area contributed by atoms with Crippen LogP contribution in [-0.4, -0.2) is 52.1 Å². The molecule has 3 heterocycles. The summed E-state index contributed by atoms with van der Waals surface area (Å²) >= 11 is 3.40. The number of amides is 3. The van der Waals surface area contributed by atoms with E-state index in [2.05, 4.69) is 44.5 Å². The second kappa shape index (κ2) is 10.8.